The molecule has 0 N–H and O–H groups in total. The summed E-state index contributed by atoms with van der Waals surface area (Å²) in [6.45, 7) is 1.41. The van der Waals surface area contributed by atoms with Crippen LogP contribution in [-0.4, -0.2) is 47.9 Å². The summed E-state index contributed by atoms with van der Waals surface area (Å²) in [5.41, 5.74) is 0.889. The lowest BCUT2D eigenvalue weighted by atomic mass is 10.1. The van der Waals surface area contributed by atoms with Crippen molar-refractivity contribution in [3.05, 3.63) is 24.3 Å². The number of rotatable bonds is 2. The second-order valence-electron chi connectivity index (χ2n) is 6.31. The van der Waals surface area contributed by atoms with Crippen LogP contribution < -0.4 is 4.90 Å². The van der Waals surface area contributed by atoms with Crippen LogP contribution in [0.1, 0.15) is 25.7 Å². The molecule has 3 aliphatic rings. The van der Waals surface area contributed by atoms with Gasteiger partial charge in [-0.05, 0) is 31.4 Å². The largest absolute Gasteiger partial charge is 0.381 e. The fourth-order valence-corrected chi connectivity index (χ4v) is 5.31. The number of benzene rings is 1. The number of piperidine rings is 1. The molecule has 5 nitrogen and oxygen atoms in total. The highest BCUT2D eigenvalue weighted by Gasteiger charge is 2.58. The van der Waals surface area contributed by atoms with Crippen LogP contribution in [0, 0.1) is 0 Å². The molecule has 0 unspecified atom stereocenters. The molecular weight excluding hydrogens is 312 g/mol. The molecule has 2 fully saturated rings. The van der Waals surface area contributed by atoms with Gasteiger partial charge in [-0.15, -0.1) is 0 Å². The van der Waals surface area contributed by atoms with Crippen molar-refractivity contribution in [1.82, 2.24) is 4.90 Å². The highest BCUT2D eigenvalue weighted by Crippen LogP contribution is 2.56. The van der Waals surface area contributed by atoms with Gasteiger partial charge in [0.15, 0.2) is 4.87 Å². The summed E-state index contributed by atoms with van der Waals surface area (Å²) in [7, 11) is 1.72. The zero-order valence-corrected chi connectivity index (χ0v) is 14.0. The first kappa shape index (κ1) is 15.0. The molecule has 0 radical (unpaired) electrons. The van der Waals surface area contributed by atoms with E-state index in [0.717, 1.165) is 23.4 Å². The number of ether oxygens (including phenoxy) is 1. The van der Waals surface area contributed by atoms with Crippen molar-refractivity contribution in [1.29, 1.82) is 0 Å². The molecule has 2 amide bonds. The predicted molar refractivity (Wildman–Crippen MR) is 88.4 cm³/mol. The van der Waals surface area contributed by atoms with Gasteiger partial charge < -0.3 is 9.64 Å². The Morgan fingerprint density at radius 1 is 1.30 bits per heavy atom. The van der Waals surface area contributed by atoms with Crippen LogP contribution in [0.5, 0.6) is 0 Å². The summed E-state index contributed by atoms with van der Waals surface area (Å²) < 4.78 is 5.39. The fourth-order valence-electron chi connectivity index (χ4n) is 3.82. The Kier molecular flexibility index (Phi) is 3.61. The maximum Gasteiger partial charge on any atom is 0.259 e. The van der Waals surface area contributed by atoms with E-state index >= 15 is 0 Å². The molecular formula is C17H20N2O3S. The van der Waals surface area contributed by atoms with Gasteiger partial charge in [-0.25, -0.2) is 0 Å². The molecule has 1 atom stereocenters. The quantitative estimate of drug-likeness (QED) is 0.833. The molecule has 3 aliphatic heterocycles. The molecule has 1 aromatic rings. The van der Waals surface area contributed by atoms with Gasteiger partial charge in [-0.3, -0.25) is 14.5 Å². The number of carbonyl (C=O) groups is 2. The number of anilines is 1. The van der Waals surface area contributed by atoms with E-state index in [1.807, 2.05) is 29.2 Å². The molecule has 1 aromatic carbocycles. The van der Waals surface area contributed by atoms with Crippen LogP contribution in [0.2, 0.25) is 0 Å². The second kappa shape index (κ2) is 5.53. The smallest absolute Gasteiger partial charge is 0.259 e. The molecule has 0 spiro atoms. The van der Waals surface area contributed by atoms with E-state index in [0.29, 0.717) is 25.9 Å². The number of hydrogen-bond acceptors (Lipinski definition) is 4. The minimum absolute atomic E-state index is 0.0579. The van der Waals surface area contributed by atoms with Crippen LogP contribution in [0.4, 0.5) is 5.69 Å². The van der Waals surface area contributed by atoms with Gasteiger partial charge in [-0.1, -0.05) is 23.9 Å². The predicted octanol–water partition coefficient (Wildman–Crippen LogP) is 2.25. The highest BCUT2D eigenvalue weighted by molar-refractivity contribution is 8.02. The normalized spacial score (nSPS) is 27.3. The van der Waals surface area contributed by atoms with Crippen molar-refractivity contribution in [2.75, 3.05) is 25.1 Å². The van der Waals surface area contributed by atoms with Gasteiger partial charge in [0.05, 0.1) is 11.8 Å². The molecule has 2 saturated heterocycles. The first-order valence-corrected chi connectivity index (χ1v) is 8.90. The zero-order chi connectivity index (χ0) is 16.0. The number of nitrogens with zero attached hydrogens (tertiary/aromatic N) is 2. The molecule has 0 aliphatic carbocycles. The van der Waals surface area contributed by atoms with E-state index in [4.69, 9.17) is 4.74 Å². The maximum absolute atomic E-state index is 13.3. The fraction of sp³-hybridized carbons (Fsp3) is 0.529. The Morgan fingerprint density at radius 3 is 2.78 bits per heavy atom. The third-order valence-electron chi connectivity index (χ3n) is 5.07. The van der Waals surface area contributed by atoms with E-state index in [2.05, 4.69) is 0 Å². The highest BCUT2D eigenvalue weighted by atomic mass is 32.2. The lowest BCUT2D eigenvalue weighted by Gasteiger charge is -2.38. The van der Waals surface area contributed by atoms with Crippen molar-refractivity contribution in [2.24, 2.45) is 0 Å². The Morgan fingerprint density at radius 2 is 2.04 bits per heavy atom. The number of hydrogen-bond donors (Lipinski definition) is 0. The minimum Gasteiger partial charge on any atom is -0.381 e. The number of methoxy groups -OCH3 is 1. The standard InChI is InChI=1S/C17H20N2O3S/c1-22-12-7-10-18(11-8-12)16(21)17-9-6-15(20)19(17)13-4-2-3-5-14(13)23-17/h2-5,12H,6-11H2,1H3/t17-/m1/s1. The van der Waals surface area contributed by atoms with Crippen molar-refractivity contribution in [2.45, 2.75) is 41.6 Å². The average Bonchev–Trinajstić information content (AvgIpc) is 3.10. The first-order chi connectivity index (χ1) is 11.2. The van der Waals surface area contributed by atoms with Gasteiger partial charge in [0, 0.05) is 31.5 Å². The van der Waals surface area contributed by atoms with E-state index in [1.165, 1.54) is 0 Å². The first-order valence-electron chi connectivity index (χ1n) is 8.09. The summed E-state index contributed by atoms with van der Waals surface area (Å²) in [5.74, 6) is 0.140. The number of fused-ring (bicyclic) bond motifs is 3. The molecule has 0 aromatic heterocycles. The van der Waals surface area contributed by atoms with Crippen LogP contribution >= 0.6 is 11.8 Å². The summed E-state index contributed by atoms with van der Waals surface area (Å²) in [6, 6.07) is 7.83. The van der Waals surface area contributed by atoms with Gasteiger partial charge in [-0.2, -0.15) is 0 Å². The number of thioether (sulfide) groups is 1. The zero-order valence-electron chi connectivity index (χ0n) is 13.2. The van der Waals surface area contributed by atoms with E-state index in [-0.39, 0.29) is 17.9 Å². The summed E-state index contributed by atoms with van der Waals surface area (Å²) in [4.78, 5) is 29.6. The van der Waals surface area contributed by atoms with Crippen molar-refractivity contribution >= 4 is 29.3 Å². The van der Waals surface area contributed by atoms with Gasteiger partial charge in [0.2, 0.25) is 5.91 Å². The van der Waals surface area contributed by atoms with E-state index in [9.17, 15) is 9.59 Å². The lowest BCUT2D eigenvalue weighted by molar-refractivity contribution is -0.136. The van der Waals surface area contributed by atoms with Crippen LogP contribution in [-0.2, 0) is 14.3 Å². The number of carbonyl (C=O) groups excluding carboxylic acids is 2. The Hall–Kier alpha value is -1.53. The average molecular weight is 332 g/mol. The second-order valence-corrected chi connectivity index (χ2v) is 7.63. The third kappa shape index (κ3) is 2.19. The molecule has 0 saturated carbocycles. The molecule has 3 heterocycles. The maximum atomic E-state index is 13.3. The van der Waals surface area contributed by atoms with Gasteiger partial charge in [0.25, 0.3) is 5.91 Å². The number of para-hydroxylation sites is 1. The summed E-state index contributed by atoms with van der Waals surface area (Å²) >= 11 is 1.55. The van der Waals surface area contributed by atoms with Crippen LogP contribution in [0.15, 0.2) is 29.2 Å². The molecule has 23 heavy (non-hydrogen) atoms. The van der Waals surface area contributed by atoms with Gasteiger partial charge in [0.1, 0.15) is 0 Å². The molecule has 122 valence electrons. The monoisotopic (exact) mass is 332 g/mol. The SMILES string of the molecule is COC1CCN(C(=O)[C@]23CCC(=O)N2c2ccccc2S3)CC1. The Bertz CT molecular complexity index is 657. The number of likely N-dealkylation sites (tertiary alicyclic amines) is 1. The van der Waals surface area contributed by atoms with Crippen molar-refractivity contribution in [3.8, 4) is 0 Å². The summed E-state index contributed by atoms with van der Waals surface area (Å²) in [6.07, 6.45) is 3.01. The van der Waals surface area contributed by atoms with Gasteiger partial charge >= 0.3 is 0 Å². The topological polar surface area (TPSA) is 49.9 Å². The van der Waals surface area contributed by atoms with Crippen molar-refractivity contribution < 1.29 is 14.3 Å². The Labute approximate surface area is 140 Å². The van der Waals surface area contributed by atoms with Crippen LogP contribution in [0.25, 0.3) is 0 Å². The number of amides is 2. The Balaban J connectivity index is 1.63. The molecule has 4 rings (SSSR count). The lowest BCUT2D eigenvalue weighted by Crippen LogP contribution is -2.55. The molecule has 0 bridgehead atoms. The third-order valence-corrected chi connectivity index (χ3v) is 6.53. The summed E-state index contributed by atoms with van der Waals surface area (Å²) in [5, 5.41) is 0. The van der Waals surface area contributed by atoms with Crippen molar-refractivity contribution in [3.63, 3.8) is 0 Å². The van der Waals surface area contributed by atoms with E-state index in [1.54, 1.807) is 23.8 Å². The minimum atomic E-state index is -0.763. The van der Waals surface area contributed by atoms with Crippen LogP contribution in [0.3, 0.4) is 0 Å². The molecule has 6 heteroatoms. The van der Waals surface area contributed by atoms with E-state index < -0.39 is 4.87 Å².